The van der Waals surface area contributed by atoms with Gasteiger partial charge in [-0.1, -0.05) is 25.9 Å². The molecule has 0 atom stereocenters. The Bertz CT molecular complexity index is 298. The van der Waals surface area contributed by atoms with Crippen molar-refractivity contribution in [3.8, 4) is 0 Å². The van der Waals surface area contributed by atoms with Crippen LogP contribution in [-0.2, 0) is 5.41 Å². The Hall–Kier alpha value is -1.39. The SMILES string of the molecule is CC(C)(C)c1noc(C(=O)[O-])n1. The molecule has 1 aromatic heterocycles. The van der Waals surface area contributed by atoms with Gasteiger partial charge in [-0.2, -0.15) is 4.98 Å². The number of aromatic nitrogens is 2. The molecular formula is C7H9N2O3-. The normalized spacial score (nSPS) is 11.6. The van der Waals surface area contributed by atoms with Crippen molar-refractivity contribution < 1.29 is 14.4 Å². The zero-order valence-corrected chi connectivity index (χ0v) is 7.12. The summed E-state index contributed by atoms with van der Waals surface area (Å²) in [6.07, 6.45) is 0. The molecule has 12 heavy (non-hydrogen) atoms. The van der Waals surface area contributed by atoms with Crippen LogP contribution in [0.2, 0.25) is 0 Å². The second kappa shape index (κ2) is 2.58. The topological polar surface area (TPSA) is 79.0 Å². The molecule has 5 nitrogen and oxygen atoms in total. The third-order valence-corrected chi connectivity index (χ3v) is 1.27. The lowest BCUT2D eigenvalue weighted by molar-refractivity contribution is -0.257. The van der Waals surface area contributed by atoms with Crippen molar-refractivity contribution in [2.24, 2.45) is 0 Å². The van der Waals surface area contributed by atoms with Gasteiger partial charge < -0.3 is 14.4 Å². The molecule has 0 spiro atoms. The summed E-state index contributed by atoms with van der Waals surface area (Å²) in [5.41, 5.74) is -0.308. The quantitative estimate of drug-likeness (QED) is 0.578. The van der Waals surface area contributed by atoms with Crippen LogP contribution in [0.3, 0.4) is 0 Å². The van der Waals surface area contributed by atoms with Gasteiger partial charge in [0.15, 0.2) is 5.82 Å². The van der Waals surface area contributed by atoms with E-state index in [1.807, 2.05) is 20.8 Å². The molecule has 0 aliphatic rings. The third-order valence-electron chi connectivity index (χ3n) is 1.27. The number of nitrogens with zero attached hydrogens (tertiary/aromatic N) is 2. The van der Waals surface area contributed by atoms with Gasteiger partial charge in [0.1, 0.15) is 5.97 Å². The smallest absolute Gasteiger partial charge is 0.273 e. The third kappa shape index (κ3) is 1.61. The summed E-state index contributed by atoms with van der Waals surface area (Å²) in [5.74, 6) is -1.56. The molecule has 66 valence electrons. The first-order chi connectivity index (χ1) is 5.41. The van der Waals surface area contributed by atoms with Crippen molar-refractivity contribution in [1.82, 2.24) is 10.1 Å². The molecule has 0 aliphatic carbocycles. The Kier molecular flexibility index (Phi) is 1.87. The van der Waals surface area contributed by atoms with Gasteiger partial charge in [0, 0.05) is 5.41 Å². The fourth-order valence-electron chi connectivity index (χ4n) is 0.611. The van der Waals surface area contributed by atoms with Gasteiger partial charge in [0.25, 0.3) is 5.89 Å². The summed E-state index contributed by atoms with van der Waals surface area (Å²) in [6.45, 7) is 5.57. The Morgan fingerprint density at radius 1 is 1.50 bits per heavy atom. The lowest BCUT2D eigenvalue weighted by Crippen LogP contribution is -2.23. The number of carbonyl (C=O) groups is 1. The summed E-state index contributed by atoms with van der Waals surface area (Å²) in [7, 11) is 0. The van der Waals surface area contributed by atoms with E-state index < -0.39 is 11.9 Å². The van der Waals surface area contributed by atoms with Crippen molar-refractivity contribution in [3.63, 3.8) is 0 Å². The largest absolute Gasteiger partial charge is 0.540 e. The number of carboxylic acids is 1. The molecule has 1 heterocycles. The van der Waals surface area contributed by atoms with Crippen LogP contribution < -0.4 is 5.11 Å². The maximum absolute atomic E-state index is 10.2. The number of carboxylic acid groups (broad SMARTS) is 1. The molecule has 0 unspecified atom stereocenters. The molecule has 0 radical (unpaired) electrons. The van der Waals surface area contributed by atoms with Crippen molar-refractivity contribution in [3.05, 3.63) is 11.7 Å². The fraction of sp³-hybridized carbons (Fsp3) is 0.571. The van der Waals surface area contributed by atoms with Crippen LogP contribution in [0, 0.1) is 0 Å². The van der Waals surface area contributed by atoms with Crippen LogP contribution in [0.25, 0.3) is 0 Å². The van der Waals surface area contributed by atoms with Crippen LogP contribution in [0.15, 0.2) is 4.52 Å². The monoisotopic (exact) mass is 169 g/mol. The van der Waals surface area contributed by atoms with Crippen molar-refractivity contribution in [2.45, 2.75) is 26.2 Å². The fourth-order valence-corrected chi connectivity index (χ4v) is 0.611. The first kappa shape index (κ1) is 8.70. The zero-order valence-electron chi connectivity index (χ0n) is 7.12. The molecule has 5 heteroatoms. The van der Waals surface area contributed by atoms with Gasteiger partial charge in [0.05, 0.1) is 0 Å². The highest BCUT2D eigenvalue weighted by Crippen LogP contribution is 2.17. The van der Waals surface area contributed by atoms with Gasteiger partial charge in [-0.15, -0.1) is 0 Å². The maximum atomic E-state index is 10.2. The molecule has 1 aromatic rings. The minimum Gasteiger partial charge on any atom is -0.540 e. The molecule has 0 fully saturated rings. The summed E-state index contributed by atoms with van der Waals surface area (Å²) in [6, 6.07) is 0. The molecular weight excluding hydrogens is 160 g/mol. The van der Waals surface area contributed by atoms with E-state index in [1.54, 1.807) is 0 Å². The number of hydrogen-bond donors (Lipinski definition) is 0. The van der Waals surface area contributed by atoms with Crippen LogP contribution in [-0.4, -0.2) is 16.1 Å². The number of rotatable bonds is 1. The van der Waals surface area contributed by atoms with Crippen LogP contribution in [0.4, 0.5) is 0 Å². The number of carbonyl (C=O) groups excluding carboxylic acids is 1. The Balaban J connectivity index is 3.00. The van der Waals surface area contributed by atoms with Gasteiger partial charge in [0.2, 0.25) is 0 Å². The molecule has 1 rings (SSSR count). The minimum absolute atomic E-state index is 0.308. The van der Waals surface area contributed by atoms with Crippen LogP contribution in [0.5, 0.6) is 0 Å². The average molecular weight is 169 g/mol. The van der Waals surface area contributed by atoms with Crippen LogP contribution >= 0.6 is 0 Å². The predicted octanol–water partition coefficient (Wildman–Crippen LogP) is -0.269. The van der Waals surface area contributed by atoms with E-state index >= 15 is 0 Å². The molecule has 0 saturated carbocycles. The van der Waals surface area contributed by atoms with Crippen molar-refractivity contribution in [2.75, 3.05) is 0 Å². The summed E-state index contributed by atoms with van der Waals surface area (Å²) < 4.78 is 4.43. The molecule has 0 saturated heterocycles. The summed E-state index contributed by atoms with van der Waals surface area (Å²) >= 11 is 0. The second-order valence-electron chi connectivity index (χ2n) is 3.46. The van der Waals surface area contributed by atoms with E-state index in [-0.39, 0.29) is 5.41 Å². The molecule has 0 aliphatic heterocycles. The lowest BCUT2D eigenvalue weighted by atomic mass is 9.96. The number of aromatic carboxylic acids is 1. The van der Waals surface area contributed by atoms with E-state index in [9.17, 15) is 9.90 Å². The number of hydrogen-bond acceptors (Lipinski definition) is 5. The summed E-state index contributed by atoms with van der Waals surface area (Å²) in [4.78, 5) is 13.9. The lowest BCUT2D eigenvalue weighted by Gasteiger charge is -2.10. The standard InChI is InChI=1S/C7H10N2O3/c1-7(2,3)6-8-4(5(10)11)12-9-6/h1-3H3,(H,10,11)/p-1. The van der Waals surface area contributed by atoms with Crippen molar-refractivity contribution in [1.29, 1.82) is 0 Å². The Labute approximate surface area is 69.4 Å². The highest BCUT2D eigenvalue weighted by Gasteiger charge is 2.20. The van der Waals surface area contributed by atoms with Gasteiger partial charge in [-0.3, -0.25) is 0 Å². The zero-order chi connectivity index (χ0) is 9.35. The van der Waals surface area contributed by atoms with Gasteiger partial charge in [-0.05, 0) is 0 Å². The Morgan fingerprint density at radius 2 is 2.08 bits per heavy atom. The Morgan fingerprint density at radius 3 is 2.33 bits per heavy atom. The first-order valence-corrected chi connectivity index (χ1v) is 3.47. The van der Waals surface area contributed by atoms with E-state index in [0.29, 0.717) is 5.82 Å². The predicted molar refractivity (Wildman–Crippen MR) is 37.3 cm³/mol. The maximum Gasteiger partial charge on any atom is 0.273 e. The van der Waals surface area contributed by atoms with E-state index in [1.165, 1.54) is 0 Å². The van der Waals surface area contributed by atoms with Crippen LogP contribution in [0.1, 0.15) is 37.3 Å². The molecule has 0 N–H and O–H groups in total. The average Bonchev–Trinajstić information content (AvgIpc) is 2.30. The summed E-state index contributed by atoms with van der Waals surface area (Å²) in [5, 5.41) is 13.7. The van der Waals surface area contributed by atoms with Gasteiger partial charge >= 0.3 is 0 Å². The molecule has 0 amide bonds. The first-order valence-electron chi connectivity index (χ1n) is 3.47. The van der Waals surface area contributed by atoms with Crippen molar-refractivity contribution >= 4 is 5.97 Å². The minimum atomic E-state index is -1.45. The highest BCUT2D eigenvalue weighted by molar-refractivity contribution is 5.79. The van der Waals surface area contributed by atoms with E-state index in [2.05, 4.69) is 14.7 Å². The molecule has 0 bridgehead atoms. The van der Waals surface area contributed by atoms with Gasteiger partial charge in [-0.25, -0.2) is 0 Å². The molecule has 0 aromatic carbocycles. The van der Waals surface area contributed by atoms with E-state index in [0.717, 1.165) is 0 Å². The highest BCUT2D eigenvalue weighted by atomic mass is 16.5. The second-order valence-corrected chi connectivity index (χ2v) is 3.46. The van der Waals surface area contributed by atoms with E-state index in [4.69, 9.17) is 0 Å².